The summed E-state index contributed by atoms with van der Waals surface area (Å²) in [5.41, 5.74) is 1.06. The molecule has 2 atom stereocenters. The van der Waals surface area contributed by atoms with Gasteiger partial charge in [0.25, 0.3) is 5.91 Å². The van der Waals surface area contributed by atoms with Crippen LogP contribution >= 0.6 is 0 Å². The summed E-state index contributed by atoms with van der Waals surface area (Å²) in [7, 11) is 0. The number of carbonyl (C=O) groups excluding carboxylic acids is 2. The number of para-hydroxylation sites is 1. The van der Waals surface area contributed by atoms with E-state index in [1.165, 1.54) is 0 Å². The van der Waals surface area contributed by atoms with Crippen LogP contribution in [0.2, 0.25) is 0 Å². The number of amides is 2. The highest BCUT2D eigenvalue weighted by molar-refractivity contribution is 5.90. The summed E-state index contributed by atoms with van der Waals surface area (Å²) in [6.07, 6.45) is 2.75. The first-order valence-electron chi connectivity index (χ1n) is 9.15. The van der Waals surface area contributed by atoms with E-state index in [9.17, 15) is 9.59 Å². The van der Waals surface area contributed by atoms with Crippen molar-refractivity contribution in [3.05, 3.63) is 29.8 Å². The topological polar surface area (TPSA) is 59.1 Å². The van der Waals surface area contributed by atoms with Crippen molar-refractivity contribution < 1.29 is 19.1 Å². The highest BCUT2D eigenvalue weighted by atomic mass is 16.5. The number of ether oxygens (including phenoxy) is 2. The lowest BCUT2D eigenvalue weighted by molar-refractivity contribution is -0.153. The highest BCUT2D eigenvalue weighted by Crippen LogP contribution is 2.30. The van der Waals surface area contributed by atoms with Gasteiger partial charge in [-0.3, -0.25) is 9.59 Å². The van der Waals surface area contributed by atoms with Gasteiger partial charge in [-0.05, 0) is 30.9 Å². The van der Waals surface area contributed by atoms with Crippen LogP contribution in [0.4, 0.5) is 0 Å². The van der Waals surface area contributed by atoms with E-state index in [0.29, 0.717) is 39.3 Å². The molecule has 0 saturated carbocycles. The van der Waals surface area contributed by atoms with Crippen molar-refractivity contribution in [2.75, 3.05) is 32.8 Å². The Morgan fingerprint density at radius 3 is 2.60 bits per heavy atom. The Morgan fingerprint density at radius 1 is 1.00 bits per heavy atom. The van der Waals surface area contributed by atoms with Gasteiger partial charge in [-0.1, -0.05) is 18.2 Å². The molecule has 0 spiro atoms. The molecule has 6 nitrogen and oxygen atoms in total. The van der Waals surface area contributed by atoms with Gasteiger partial charge in [-0.15, -0.1) is 0 Å². The number of carbonyl (C=O) groups is 2. The van der Waals surface area contributed by atoms with Crippen LogP contribution in [0.15, 0.2) is 24.3 Å². The second-order valence-electron chi connectivity index (χ2n) is 6.90. The molecule has 0 bridgehead atoms. The van der Waals surface area contributed by atoms with Crippen molar-refractivity contribution in [2.24, 2.45) is 0 Å². The first kappa shape index (κ1) is 16.4. The zero-order chi connectivity index (χ0) is 17.2. The maximum atomic E-state index is 13.1. The summed E-state index contributed by atoms with van der Waals surface area (Å²) >= 11 is 0. The number of benzene rings is 1. The molecule has 0 unspecified atom stereocenters. The van der Waals surface area contributed by atoms with Crippen molar-refractivity contribution in [2.45, 2.75) is 37.8 Å². The van der Waals surface area contributed by atoms with Crippen LogP contribution in [0.1, 0.15) is 24.8 Å². The molecule has 134 valence electrons. The van der Waals surface area contributed by atoms with Crippen LogP contribution < -0.4 is 4.74 Å². The van der Waals surface area contributed by atoms with Gasteiger partial charge >= 0.3 is 0 Å². The normalized spacial score (nSPS) is 26.1. The summed E-state index contributed by atoms with van der Waals surface area (Å²) in [6, 6.07) is 7.41. The summed E-state index contributed by atoms with van der Waals surface area (Å²) in [5.74, 6) is 0.795. The summed E-state index contributed by atoms with van der Waals surface area (Å²) in [4.78, 5) is 29.6. The van der Waals surface area contributed by atoms with Crippen molar-refractivity contribution >= 4 is 11.8 Å². The zero-order valence-electron chi connectivity index (χ0n) is 14.4. The average Bonchev–Trinajstić information content (AvgIpc) is 3.12. The minimum Gasteiger partial charge on any atom is -0.480 e. The SMILES string of the molecule is O=C([C@@H]1CCCCN1C(=O)[C@@H]1Cc2ccccc2O1)N1CCOCC1. The Labute approximate surface area is 147 Å². The number of nitrogens with zero attached hydrogens (tertiary/aromatic N) is 2. The Bertz CT molecular complexity index is 632. The first-order valence-corrected chi connectivity index (χ1v) is 9.15. The number of rotatable bonds is 2. The van der Waals surface area contributed by atoms with E-state index in [4.69, 9.17) is 9.47 Å². The third kappa shape index (κ3) is 3.23. The summed E-state index contributed by atoms with van der Waals surface area (Å²) < 4.78 is 11.2. The van der Waals surface area contributed by atoms with E-state index in [2.05, 4.69) is 0 Å². The maximum Gasteiger partial charge on any atom is 0.264 e. The predicted molar refractivity (Wildman–Crippen MR) is 91.3 cm³/mol. The summed E-state index contributed by atoms with van der Waals surface area (Å²) in [6.45, 7) is 3.02. The molecule has 0 N–H and O–H groups in total. The van der Waals surface area contributed by atoms with Gasteiger partial charge in [0.15, 0.2) is 6.10 Å². The van der Waals surface area contributed by atoms with Gasteiger partial charge in [0, 0.05) is 26.1 Å². The van der Waals surface area contributed by atoms with Crippen LogP contribution in [-0.2, 0) is 20.7 Å². The molecule has 1 aromatic carbocycles. The van der Waals surface area contributed by atoms with Crippen LogP contribution in [-0.4, -0.2) is 66.6 Å². The molecule has 2 fully saturated rings. The second-order valence-corrected chi connectivity index (χ2v) is 6.90. The molecular weight excluding hydrogens is 320 g/mol. The highest BCUT2D eigenvalue weighted by Gasteiger charge is 2.40. The number of hydrogen-bond donors (Lipinski definition) is 0. The minimum absolute atomic E-state index is 0.0532. The molecule has 4 rings (SSSR count). The largest absolute Gasteiger partial charge is 0.480 e. The Kier molecular flexibility index (Phi) is 4.61. The quantitative estimate of drug-likeness (QED) is 0.810. The van der Waals surface area contributed by atoms with Crippen molar-refractivity contribution in [3.8, 4) is 5.75 Å². The fourth-order valence-corrected chi connectivity index (χ4v) is 3.95. The lowest BCUT2D eigenvalue weighted by Crippen LogP contribution is -2.57. The lowest BCUT2D eigenvalue weighted by atomic mass is 9.99. The van der Waals surface area contributed by atoms with Crippen molar-refractivity contribution in [3.63, 3.8) is 0 Å². The zero-order valence-corrected chi connectivity index (χ0v) is 14.4. The molecule has 0 aromatic heterocycles. The monoisotopic (exact) mass is 344 g/mol. The number of morpholine rings is 1. The fraction of sp³-hybridized carbons (Fsp3) is 0.579. The van der Waals surface area contributed by atoms with E-state index < -0.39 is 6.10 Å². The third-order valence-corrected chi connectivity index (χ3v) is 5.32. The van der Waals surface area contributed by atoms with Gasteiger partial charge in [-0.2, -0.15) is 0 Å². The Morgan fingerprint density at radius 2 is 1.80 bits per heavy atom. The smallest absolute Gasteiger partial charge is 0.264 e. The van der Waals surface area contributed by atoms with Gasteiger partial charge in [0.05, 0.1) is 13.2 Å². The standard InChI is InChI=1S/C19H24N2O4/c22-18(20-9-11-24-12-10-20)15-6-3-4-8-21(15)19(23)17-13-14-5-1-2-7-16(14)25-17/h1-2,5,7,15,17H,3-4,6,8-13H2/t15-,17-/m0/s1. The van der Waals surface area contributed by atoms with Crippen LogP contribution in [0.25, 0.3) is 0 Å². The average molecular weight is 344 g/mol. The predicted octanol–water partition coefficient (Wildman–Crippen LogP) is 1.23. The molecule has 1 aromatic rings. The summed E-state index contributed by atoms with van der Waals surface area (Å²) in [5, 5.41) is 0. The van der Waals surface area contributed by atoms with Crippen LogP contribution in [0.3, 0.4) is 0 Å². The molecule has 3 aliphatic heterocycles. The Balaban J connectivity index is 1.47. The maximum absolute atomic E-state index is 13.1. The molecular formula is C19H24N2O4. The Hall–Kier alpha value is -2.08. The first-order chi connectivity index (χ1) is 12.2. The number of likely N-dealkylation sites (tertiary alicyclic amines) is 1. The third-order valence-electron chi connectivity index (χ3n) is 5.32. The number of hydrogen-bond acceptors (Lipinski definition) is 4. The number of fused-ring (bicyclic) bond motifs is 1. The molecule has 3 aliphatic rings. The second kappa shape index (κ2) is 7.04. The van der Waals surface area contributed by atoms with E-state index in [1.807, 2.05) is 29.2 Å². The van der Waals surface area contributed by atoms with Crippen molar-refractivity contribution in [1.82, 2.24) is 9.80 Å². The van der Waals surface area contributed by atoms with Crippen LogP contribution in [0.5, 0.6) is 5.75 Å². The van der Waals surface area contributed by atoms with Gasteiger partial charge in [0.2, 0.25) is 5.91 Å². The molecule has 6 heteroatoms. The molecule has 3 heterocycles. The van der Waals surface area contributed by atoms with E-state index in [-0.39, 0.29) is 17.9 Å². The lowest BCUT2D eigenvalue weighted by Gasteiger charge is -2.39. The van der Waals surface area contributed by atoms with Gasteiger partial charge < -0.3 is 19.3 Å². The number of piperidine rings is 1. The van der Waals surface area contributed by atoms with Crippen LogP contribution in [0, 0.1) is 0 Å². The van der Waals surface area contributed by atoms with E-state index in [1.54, 1.807) is 4.90 Å². The fourth-order valence-electron chi connectivity index (χ4n) is 3.95. The molecule has 25 heavy (non-hydrogen) atoms. The van der Waals surface area contributed by atoms with Gasteiger partial charge in [0.1, 0.15) is 11.8 Å². The molecule has 2 amide bonds. The van der Waals surface area contributed by atoms with Gasteiger partial charge in [-0.25, -0.2) is 0 Å². The van der Waals surface area contributed by atoms with E-state index >= 15 is 0 Å². The molecule has 0 aliphatic carbocycles. The minimum atomic E-state index is -0.504. The molecule has 2 saturated heterocycles. The van der Waals surface area contributed by atoms with E-state index in [0.717, 1.165) is 30.6 Å². The molecule has 0 radical (unpaired) electrons. The van der Waals surface area contributed by atoms with Crippen molar-refractivity contribution in [1.29, 1.82) is 0 Å².